The maximum absolute atomic E-state index is 15.4. The van der Waals surface area contributed by atoms with Gasteiger partial charge in [0.15, 0.2) is 45.0 Å². The Hall–Kier alpha value is -8.50. The van der Waals surface area contributed by atoms with Crippen molar-refractivity contribution in [3.63, 3.8) is 0 Å². The van der Waals surface area contributed by atoms with Gasteiger partial charge in [-0.2, -0.15) is 0 Å². The number of ether oxygens (including phenoxy) is 3. The number of esters is 2. The van der Waals surface area contributed by atoms with Crippen LogP contribution >= 0.6 is 22.9 Å². The first-order chi connectivity index (χ1) is 37.5. The Balaban J connectivity index is 0.000000140. The Kier molecular flexibility index (Phi) is 14.8. The standard InChI is InChI=1S/C25H20FN5O4.C17H10ClFN2O3S.C13H19N3O2/c1-2-34-25(33)20-21(32)15-11-16(26)23(30-10-7-14(13-30)17-12-27-8-9-28-17)29-22(15)31-18-5-3-4-6-19(18)35-24(20)31;1-2-24-17(23)12-13(22)8-7-9(19)14(18)20-15(8)21-10-5-3-4-6-11(10)25-16(12)21;1-13(2,3)18-12(17)16-7-4-10(9-16)11-8-14-5-6-15-11/h3-6,8-9,11-12,14H,2,7,10,13H2,1H3;3-7H,2H2,1H3;5-6,8,10H,4,7,9H2,1-3H3. The van der Waals surface area contributed by atoms with Gasteiger partial charge in [0.1, 0.15) is 16.0 Å². The van der Waals surface area contributed by atoms with Crippen LogP contribution in [0.3, 0.4) is 0 Å². The molecule has 2 aliphatic rings. The number of oxazole rings is 1. The first-order valence-electron chi connectivity index (χ1n) is 24.9. The number of benzene rings is 2. The van der Waals surface area contributed by atoms with E-state index in [1.165, 1.54) is 11.3 Å². The lowest BCUT2D eigenvalue weighted by Gasteiger charge is -2.24. The van der Waals surface area contributed by atoms with Crippen LogP contribution in [0.1, 0.15) is 91.4 Å². The lowest BCUT2D eigenvalue weighted by molar-refractivity contribution is 0.0291. The number of fused-ring (bicyclic) bond motifs is 10. The largest absolute Gasteiger partial charge is 0.462 e. The summed E-state index contributed by atoms with van der Waals surface area (Å²) in [7, 11) is 0. The first kappa shape index (κ1) is 52.9. The molecule has 10 heterocycles. The minimum absolute atomic E-state index is 0.0195. The SMILES string of the molecule is CC(C)(C)OC(=O)N1CCC(c2cnccn2)C1.CCOC(=O)c1c(=O)c2cc(F)c(Cl)nc2n2c1sc1ccccc12.CCOC(=O)c1c(=O)c2cc(F)c(N3CCC(c4cnccn4)C3)nc2n2c1oc1ccccc12. The van der Waals surface area contributed by atoms with Gasteiger partial charge >= 0.3 is 18.0 Å². The minimum Gasteiger partial charge on any atom is -0.462 e. The molecule has 10 aromatic rings. The Morgan fingerprint density at radius 3 is 1.99 bits per heavy atom. The second-order valence-corrected chi connectivity index (χ2v) is 20.6. The molecule has 2 fully saturated rings. The number of carbonyl (C=O) groups excluding carboxylic acids is 3. The van der Waals surface area contributed by atoms with Crippen molar-refractivity contribution < 1.29 is 41.8 Å². The molecular formula is C55H49ClF2N10O9S. The Morgan fingerprint density at radius 1 is 0.744 bits per heavy atom. The van der Waals surface area contributed by atoms with Crippen molar-refractivity contribution in [1.82, 2.24) is 43.6 Å². The number of nitrogens with zero attached hydrogens (tertiary/aromatic N) is 10. The summed E-state index contributed by atoms with van der Waals surface area (Å²) >= 11 is 7.09. The molecule has 12 rings (SSSR count). The average Bonchev–Trinajstić information content (AvgIpc) is 4.25. The molecule has 0 spiro atoms. The van der Waals surface area contributed by atoms with Gasteiger partial charge in [-0.1, -0.05) is 35.9 Å². The third-order valence-corrected chi connectivity index (χ3v) is 14.4. The van der Waals surface area contributed by atoms with E-state index in [9.17, 15) is 28.4 Å². The fourth-order valence-corrected chi connectivity index (χ4v) is 10.8. The van der Waals surface area contributed by atoms with Gasteiger partial charge in [0.2, 0.25) is 16.6 Å². The van der Waals surface area contributed by atoms with Gasteiger partial charge in [-0.25, -0.2) is 33.1 Å². The van der Waals surface area contributed by atoms with Crippen molar-refractivity contribution in [1.29, 1.82) is 0 Å². The number of anilines is 1. The quantitative estimate of drug-likeness (QED) is 0.0823. The zero-order valence-corrected chi connectivity index (χ0v) is 44.3. The summed E-state index contributed by atoms with van der Waals surface area (Å²) in [6.07, 6.45) is 11.5. The number of hydrogen-bond acceptors (Lipinski definition) is 17. The molecule has 0 radical (unpaired) electrons. The molecule has 19 nitrogen and oxygen atoms in total. The third kappa shape index (κ3) is 10.3. The van der Waals surface area contributed by atoms with Gasteiger partial charge in [0.05, 0.1) is 51.1 Å². The predicted molar refractivity (Wildman–Crippen MR) is 289 cm³/mol. The normalized spacial score (nSPS) is 15.4. The lowest BCUT2D eigenvalue weighted by Crippen LogP contribution is -2.35. The highest BCUT2D eigenvalue weighted by Crippen LogP contribution is 2.35. The van der Waals surface area contributed by atoms with E-state index in [2.05, 4.69) is 29.9 Å². The van der Waals surface area contributed by atoms with Crippen LogP contribution in [-0.4, -0.2) is 107 Å². The summed E-state index contributed by atoms with van der Waals surface area (Å²) in [4.78, 5) is 92.7. The monoisotopic (exact) mass is 1100 g/mol. The third-order valence-electron chi connectivity index (χ3n) is 13.0. The lowest BCUT2D eigenvalue weighted by atomic mass is 10.1. The number of likely N-dealkylation sites (tertiary alicyclic amines) is 1. The number of hydrogen-bond donors (Lipinski definition) is 0. The van der Waals surface area contributed by atoms with E-state index < -0.39 is 40.0 Å². The highest BCUT2D eigenvalue weighted by atomic mass is 35.5. The van der Waals surface area contributed by atoms with Crippen LogP contribution in [0.2, 0.25) is 5.15 Å². The van der Waals surface area contributed by atoms with Gasteiger partial charge in [0, 0.05) is 75.2 Å². The van der Waals surface area contributed by atoms with Crippen molar-refractivity contribution in [2.24, 2.45) is 0 Å². The maximum atomic E-state index is 15.4. The zero-order chi connectivity index (χ0) is 55.0. The van der Waals surface area contributed by atoms with Gasteiger partial charge in [0.25, 0.3) is 0 Å². The summed E-state index contributed by atoms with van der Waals surface area (Å²) in [5, 5.41) is -0.381. The fraction of sp³-hybridized carbons (Fsp3) is 0.291. The summed E-state index contributed by atoms with van der Waals surface area (Å²) in [6.45, 7) is 11.6. The molecule has 1 amide bonds. The molecule has 2 unspecified atom stereocenters. The van der Waals surface area contributed by atoms with E-state index in [1.54, 1.807) is 82.9 Å². The smallest absolute Gasteiger partial charge is 0.410 e. The first-order valence-corrected chi connectivity index (χ1v) is 26.1. The maximum Gasteiger partial charge on any atom is 0.410 e. The van der Waals surface area contributed by atoms with Crippen molar-refractivity contribution in [2.75, 3.05) is 44.3 Å². The number of thiazole rings is 1. The second-order valence-electron chi connectivity index (χ2n) is 19.2. The molecule has 2 atom stereocenters. The Bertz CT molecular complexity index is 4080. The van der Waals surface area contributed by atoms with Crippen LogP contribution in [-0.2, 0) is 14.2 Å². The fourth-order valence-electron chi connectivity index (χ4n) is 9.51. The molecule has 2 aliphatic heterocycles. The molecule has 8 aromatic heterocycles. The van der Waals surface area contributed by atoms with Crippen LogP contribution in [0.15, 0.2) is 112 Å². The van der Waals surface area contributed by atoms with Crippen LogP contribution in [0, 0.1) is 11.6 Å². The molecule has 0 saturated carbocycles. The van der Waals surface area contributed by atoms with E-state index in [4.69, 9.17) is 30.2 Å². The second kappa shape index (κ2) is 21.9. The van der Waals surface area contributed by atoms with Gasteiger partial charge in [-0.15, -0.1) is 11.3 Å². The number of halogens is 3. The average molecular weight is 1100 g/mol. The molecule has 400 valence electrons. The van der Waals surface area contributed by atoms with Crippen LogP contribution < -0.4 is 15.8 Å². The van der Waals surface area contributed by atoms with E-state index in [0.29, 0.717) is 35.6 Å². The number of rotatable bonds is 7. The van der Waals surface area contributed by atoms with Crippen LogP contribution in [0.5, 0.6) is 0 Å². The number of aromatic nitrogens is 8. The highest BCUT2D eigenvalue weighted by Gasteiger charge is 2.33. The highest BCUT2D eigenvalue weighted by molar-refractivity contribution is 7.24. The molecule has 0 bridgehead atoms. The Labute approximate surface area is 451 Å². The summed E-state index contributed by atoms with van der Waals surface area (Å²) in [5.41, 5.74) is 1.87. The van der Waals surface area contributed by atoms with E-state index in [-0.39, 0.29) is 81.0 Å². The number of amides is 1. The van der Waals surface area contributed by atoms with E-state index in [0.717, 1.165) is 53.1 Å². The molecule has 0 aliphatic carbocycles. The summed E-state index contributed by atoms with van der Waals surface area (Å²) in [6, 6.07) is 16.6. The minimum atomic E-state index is -0.827. The van der Waals surface area contributed by atoms with Crippen molar-refractivity contribution in [3.8, 4) is 0 Å². The van der Waals surface area contributed by atoms with Gasteiger partial charge in [-0.05, 0) is 83.9 Å². The van der Waals surface area contributed by atoms with Crippen molar-refractivity contribution in [2.45, 2.75) is 64.9 Å². The number of carbonyl (C=O) groups is 3. The molecule has 23 heteroatoms. The van der Waals surface area contributed by atoms with Crippen molar-refractivity contribution in [3.05, 3.63) is 158 Å². The molecular weight excluding hydrogens is 1050 g/mol. The topological polar surface area (TPSA) is 219 Å². The van der Waals surface area contributed by atoms with Gasteiger partial charge in [-0.3, -0.25) is 38.3 Å². The van der Waals surface area contributed by atoms with E-state index in [1.807, 2.05) is 56.0 Å². The van der Waals surface area contributed by atoms with E-state index >= 15 is 4.39 Å². The van der Waals surface area contributed by atoms with Gasteiger partial charge < -0.3 is 28.4 Å². The number of pyridine rings is 4. The van der Waals surface area contributed by atoms with Crippen LogP contribution in [0.25, 0.3) is 53.9 Å². The molecule has 2 aromatic carbocycles. The van der Waals surface area contributed by atoms with Crippen LogP contribution in [0.4, 0.5) is 19.4 Å². The Morgan fingerprint density at radius 2 is 1.33 bits per heavy atom. The summed E-state index contributed by atoms with van der Waals surface area (Å²) in [5.74, 6) is -2.54. The van der Waals surface area contributed by atoms with Crippen molar-refractivity contribution >= 4 is 101 Å². The molecule has 0 N–H and O–H groups in total. The predicted octanol–water partition coefficient (Wildman–Crippen LogP) is 9.93. The molecule has 2 saturated heterocycles. The summed E-state index contributed by atoms with van der Waals surface area (Å²) < 4.78 is 54.8. The zero-order valence-electron chi connectivity index (χ0n) is 42.7. The number of para-hydroxylation sites is 3. The molecule has 78 heavy (non-hydrogen) atoms.